The van der Waals surface area contributed by atoms with Crippen LogP contribution in [-0.2, 0) is 10.6 Å². The molecular weight excluding hydrogens is 264 g/mol. The van der Waals surface area contributed by atoms with E-state index in [1.54, 1.807) is 6.92 Å². The molecule has 0 N–H and O–H groups in total. The molecule has 1 rings (SSSR count). The summed E-state index contributed by atoms with van der Waals surface area (Å²) in [6.45, 7) is 1.64. The van der Waals surface area contributed by atoms with Gasteiger partial charge in [-0.2, -0.15) is 5.26 Å². The molecule has 0 bridgehead atoms. The van der Waals surface area contributed by atoms with Gasteiger partial charge in [-0.15, -0.1) is 11.6 Å². The number of nitriles is 1. The number of hydrogen-bond donors (Lipinski definition) is 0. The first-order valence-electron chi connectivity index (χ1n) is 5.13. The minimum absolute atomic E-state index is 0.0701. The SMILES string of the molecule is CCOC(=O)c1cc(C#N)c(CCl)cc1C(F)F. The maximum Gasteiger partial charge on any atom is 0.338 e. The van der Waals surface area contributed by atoms with Crippen molar-refractivity contribution in [3.8, 4) is 6.07 Å². The smallest absolute Gasteiger partial charge is 0.338 e. The first-order chi connectivity index (χ1) is 8.54. The van der Waals surface area contributed by atoms with Crippen molar-refractivity contribution in [1.82, 2.24) is 0 Å². The summed E-state index contributed by atoms with van der Waals surface area (Å²) in [7, 11) is 0. The van der Waals surface area contributed by atoms with E-state index >= 15 is 0 Å². The Bertz CT molecular complexity index is 498. The van der Waals surface area contributed by atoms with E-state index in [1.807, 2.05) is 6.07 Å². The van der Waals surface area contributed by atoms with Crippen LogP contribution in [0.15, 0.2) is 12.1 Å². The lowest BCUT2D eigenvalue weighted by molar-refractivity contribution is 0.0515. The van der Waals surface area contributed by atoms with Crippen LogP contribution in [-0.4, -0.2) is 12.6 Å². The predicted octanol–water partition coefficient (Wildman–Crippen LogP) is 3.41. The quantitative estimate of drug-likeness (QED) is 0.624. The molecule has 6 heteroatoms. The average Bonchev–Trinajstić information content (AvgIpc) is 2.37. The summed E-state index contributed by atoms with van der Waals surface area (Å²) in [5.41, 5.74) is -0.402. The summed E-state index contributed by atoms with van der Waals surface area (Å²) in [4.78, 5) is 11.5. The van der Waals surface area contributed by atoms with Crippen LogP contribution < -0.4 is 0 Å². The normalized spacial score (nSPS) is 10.2. The number of rotatable bonds is 4. The summed E-state index contributed by atoms with van der Waals surface area (Å²) in [6.07, 6.45) is -2.83. The number of esters is 1. The summed E-state index contributed by atoms with van der Waals surface area (Å²) in [5, 5.41) is 8.87. The van der Waals surface area contributed by atoms with Gasteiger partial charge in [0.15, 0.2) is 0 Å². The highest BCUT2D eigenvalue weighted by molar-refractivity contribution is 6.17. The zero-order valence-electron chi connectivity index (χ0n) is 9.54. The van der Waals surface area contributed by atoms with Crippen LogP contribution in [0.25, 0.3) is 0 Å². The van der Waals surface area contributed by atoms with Crippen LogP contribution in [0.3, 0.4) is 0 Å². The van der Waals surface area contributed by atoms with E-state index < -0.39 is 18.0 Å². The van der Waals surface area contributed by atoms with Crippen LogP contribution in [0.5, 0.6) is 0 Å². The highest BCUT2D eigenvalue weighted by Gasteiger charge is 2.22. The zero-order chi connectivity index (χ0) is 13.7. The maximum atomic E-state index is 12.8. The number of hydrogen-bond acceptors (Lipinski definition) is 3. The summed E-state index contributed by atoms with van der Waals surface area (Å²) < 4.78 is 30.4. The molecule has 0 atom stereocenters. The Hall–Kier alpha value is -1.67. The third-order valence-electron chi connectivity index (χ3n) is 2.27. The molecule has 0 aliphatic heterocycles. The van der Waals surface area contributed by atoms with Gasteiger partial charge in [0.2, 0.25) is 0 Å². The first-order valence-corrected chi connectivity index (χ1v) is 5.66. The Morgan fingerprint density at radius 1 is 1.56 bits per heavy atom. The summed E-state index contributed by atoms with van der Waals surface area (Å²) >= 11 is 5.57. The molecule has 96 valence electrons. The maximum absolute atomic E-state index is 12.8. The molecule has 0 unspecified atom stereocenters. The highest BCUT2D eigenvalue weighted by atomic mass is 35.5. The van der Waals surface area contributed by atoms with Crippen molar-refractivity contribution < 1.29 is 18.3 Å². The standard InChI is InChI=1S/C12H10ClF2NO2/c1-2-18-12(17)10-4-8(6-16)7(5-13)3-9(10)11(14)15/h3-4,11H,2,5H2,1H3. The molecule has 1 aromatic carbocycles. The van der Waals surface area contributed by atoms with Gasteiger partial charge in [0, 0.05) is 11.4 Å². The zero-order valence-corrected chi connectivity index (χ0v) is 10.3. The van der Waals surface area contributed by atoms with Crippen LogP contribution in [0.2, 0.25) is 0 Å². The number of ether oxygens (including phenoxy) is 1. The van der Waals surface area contributed by atoms with E-state index in [0.29, 0.717) is 0 Å². The van der Waals surface area contributed by atoms with E-state index in [9.17, 15) is 13.6 Å². The van der Waals surface area contributed by atoms with Gasteiger partial charge >= 0.3 is 5.97 Å². The molecule has 0 saturated carbocycles. The third kappa shape index (κ3) is 2.96. The van der Waals surface area contributed by atoms with Gasteiger partial charge in [0.25, 0.3) is 6.43 Å². The Balaban J connectivity index is 3.39. The van der Waals surface area contributed by atoms with E-state index in [-0.39, 0.29) is 29.2 Å². The lowest BCUT2D eigenvalue weighted by Gasteiger charge is -2.11. The lowest BCUT2D eigenvalue weighted by atomic mass is 10.00. The second-order valence-corrected chi connectivity index (χ2v) is 3.63. The van der Waals surface area contributed by atoms with Crippen molar-refractivity contribution in [1.29, 1.82) is 5.26 Å². The van der Waals surface area contributed by atoms with Crippen molar-refractivity contribution in [2.45, 2.75) is 19.2 Å². The fourth-order valence-electron chi connectivity index (χ4n) is 1.44. The Morgan fingerprint density at radius 3 is 2.67 bits per heavy atom. The molecule has 3 nitrogen and oxygen atoms in total. The molecule has 0 heterocycles. The second kappa shape index (κ2) is 6.31. The Labute approximate surface area is 108 Å². The molecule has 0 spiro atoms. The van der Waals surface area contributed by atoms with Crippen LogP contribution in [0.4, 0.5) is 8.78 Å². The third-order valence-corrected chi connectivity index (χ3v) is 2.56. The largest absolute Gasteiger partial charge is 0.462 e. The molecule has 0 radical (unpaired) electrons. The lowest BCUT2D eigenvalue weighted by Crippen LogP contribution is -2.10. The number of carbonyl (C=O) groups excluding carboxylic acids is 1. The summed E-state index contributed by atoms with van der Waals surface area (Å²) in [6, 6.07) is 3.98. The molecule has 0 saturated heterocycles. The summed E-state index contributed by atoms with van der Waals surface area (Å²) in [5.74, 6) is -0.948. The Morgan fingerprint density at radius 2 is 2.22 bits per heavy atom. The fourth-order valence-corrected chi connectivity index (χ4v) is 1.67. The highest BCUT2D eigenvalue weighted by Crippen LogP contribution is 2.27. The molecule has 0 fully saturated rings. The molecule has 0 aliphatic rings. The van der Waals surface area contributed by atoms with Gasteiger partial charge < -0.3 is 4.74 Å². The van der Waals surface area contributed by atoms with Gasteiger partial charge in [0.05, 0.1) is 23.8 Å². The number of carbonyl (C=O) groups is 1. The van der Waals surface area contributed by atoms with Gasteiger partial charge in [-0.05, 0) is 24.6 Å². The minimum Gasteiger partial charge on any atom is -0.462 e. The fraction of sp³-hybridized carbons (Fsp3) is 0.333. The Kier molecular flexibility index (Phi) is 5.05. The van der Waals surface area contributed by atoms with Crippen molar-refractivity contribution in [3.05, 3.63) is 34.4 Å². The van der Waals surface area contributed by atoms with Crippen LogP contribution in [0.1, 0.15) is 40.4 Å². The van der Waals surface area contributed by atoms with E-state index in [1.165, 1.54) is 0 Å². The minimum atomic E-state index is -2.83. The van der Waals surface area contributed by atoms with Crippen LogP contribution in [0, 0.1) is 11.3 Å². The number of nitrogens with zero attached hydrogens (tertiary/aromatic N) is 1. The molecule has 18 heavy (non-hydrogen) atoms. The number of alkyl halides is 3. The van der Waals surface area contributed by atoms with Gasteiger partial charge in [0.1, 0.15) is 0 Å². The van der Waals surface area contributed by atoms with Crippen molar-refractivity contribution in [2.75, 3.05) is 6.61 Å². The molecule has 0 aromatic heterocycles. The second-order valence-electron chi connectivity index (χ2n) is 3.36. The van der Waals surface area contributed by atoms with E-state index in [4.69, 9.17) is 16.9 Å². The molecule has 1 aromatic rings. The van der Waals surface area contributed by atoms with Crippen LogP contribution >= 0.6 is 11.6 Å². The first kappa shape index (κ1) is 14.4. The van der Waals surface area contributed by atoms with E-state index in [0.717, 1.165) is 12.1 Å². The van der Waals surface area contributed by atoms with Crippen molar-refractivity contribution >= 4 is 17.6 Å². The van der Waals surface area contributed by atoms with E-state index in [2.05, 4.69) is 4.74 Å². The van der Waals surface area contributed by atoms with Gasteiger partial charge in [-0.3, -0.25) is 0 Å². The average molecular weight is 274 g/mol. The number of halogens is 3. The van der Waals surface area contributed by atoms with Crippen molar-refractivity contribution in [2.24, 2.45) is 0 Å². The molecule has 0 aliphatic carbocycles. The molecular formula is C12H10ClF2NO2. The van der Waals surface area contributed by atoms with Gasteiger partial charge in [-0.1, -0.05) is 0 Å². The van der Waals surface area contributed by atoms with Gasteiger partial charge in [-0.25, -0.2) is 13.6 Å². The topological polar surface area (TPSA) is 50.1 Å². The monoisotopic (exact) mass is 273 g/mol. The number of benzene rings is 1. The predicted molar refractivity (Wildman–Crippen MR) is 61.6 cm³/mol. The molecule has 0 amide bonds. The van der Waals surface area contributed by atoms with Crippen molar-refractivity contribution in [3.63, 3.8) is 0 Å².